The third kappa shape index (κ3) is 2.71. The molecule has 0 aliphatic carbocycles. The van der Waals surface area contributed by atoms with Crippen LogP contribution in [0, 0.1) is 13.8 Å². The molecule has 2 rings (SSSR count). The van der Waals surface area contributed by atoms with Crippen molar-refractivity contribution in [3.8, 4) is 0 Å². The van der Waals surface area contributed by atoms with E-state index in [-0.39, 0.29) is 6.04 Å². The fourth-order valence-corrected chi connectivity index (χ4v) is 2.36. The van der Waals surface area contributed by atoms with Gasteiger partial charge in [0.2, 0.25) is 0 Å². The molecule has 0 radical (unpaired) electrons. The highest BCUT2D eigenvalue weighted by Crippen LogP contribution is 2.24. The summed E-state index contributed by atoms with van der Waals surface area (Å²) < 4.78 is 0. The van der Waals surface area contributed by atoms with E-state index in [9.17, 15) is 0 Å². The van der Waals surface area contributed by atoms with E-state index in [4.69, 9.17) is 5.73 Å². The van der Waals surface area contributed by atoms with Gasteiger partial charge in [-0.15, -0.1) is 0 Å². The van der Waals surface area contributed by atoms with Crippen molar-refractivity contribution < 1.29 is 0 Å². The molecule has 0 spiro atoms. The lowest BCUT2D eigenvalue weighted by atomic mass is 9.96. The first-order valence-corrected chi connectivity index (χ1v) is 6.30. The maximum absolute atomic E-state index is 5.93. The Kier molecular flexibility index (Phi) is 4.00. The van der Waals surface area contributed by atoms with Gasteiger partial charge in [0, 0.05) is 12.2 Å². The van der Waals surface area contributed by atoms with E-state index >= 15 is 0 Å². The Morgan fingerprint density at radius 2 is 1.56 bits per heavy atom. The second kappa shape index (κ2) is 5.69. The first-order chi connectivity index (χ1) is 8.72. The largest absolute Gasteiger partial charge is 0.377 e. The molecule has 3 N–H and O–H groups in total. The lowest BCUT2D eigenvalue weighted by Crippen LogP contribution is -2.22. The minimum atomic E-state index is 0.161. The van der Waals surface area contributed by atoms with Crippen LogP contribution in [0.2, 0.25) is 0 Å². The standard InChI is InChI=1S/C16H20N2/c1-12-7-6-8-13(2)16(12)15(11-17)18-14-9-4-3-5-10-14/h3-10,15,18H,11,17H2,1-2H3. The van der Waals surface area contributed by atoms with Crippen LogP contribution in [0.4, 0.5) is 5.69 Å². The average molecular weight is 240 g/mol. The van der Waals surface area contributed by atoms with Crippen LogP contribution in [0.5, 0.6) is 0 Å². The number of benzene rings is 2. The zero-order chi connectivity index (χ0) is 13.0. The monoisotopic (exact) mass is 240 g/mol. The molecule has 0 amide bonds. The van der Waals surface area contributed by atoms with Gasteiger partial charge in [-0.2, -0.15) is 0 Å². The number of nitrogens with two attached hydrogens (primary N) is 1. The summed E-state index contributed by atoms with van der Waals surface area (Å²) in [5.41, 5.74) is 10.9. The Morgan fingerprint density at radius 1 is 0.944 bits per heavy atom. The number of hydrogen-bond donors (Lipinski definition) is 2. The highest BCUT2D eigenvalue weighted by Gasteiger charge is 2.14. The molecule has 94 valence electrons. The van der Waals surface area contributed by atoms with Gasteiger partial charge in [0.25, 0.3) is 0 Å². The number of para-hydroxylation sites is 1. The minimum Gasteiger partial charge on any atom is -0.377 e. The highest BCUT2D eigenvalue weighted by molar-refractivity contribution is 5.48. The summed E-state index contributed by atoms with van der Waals surface area (Å²) in [6, 6.07) is 16.7. The first kappa shape index (κ1) is 12.7. The molecule has 1 unspecified atom stereocenters. The molecule has 0 fully saturated rings. The van der Waals surface area contributed by atoms with Crippen LogP contribution < -0.4 is 11.1 Å². The average Bonchev–Trinajstić information content (AvgIpc) is 2.38. The number of hydrogen-bond acceptors (Lipinski definition) is 2. The van der Waals surface area contributed by atoms with Crippen LogP contribution in [-0.2, 0) is 0 Å². The molecule has 0 aliphatic rings. The van der Waals surface area contributed by atoms with Crippen LogP contribution in [-0.4, -0.2) is 6.54 Å². The molecule has 2 aromatic carbocycles. The fourth-order valence-electron chi connectivity index (χ4n) is 2.36. The van der Waals surface area contributed by atoms with Gasteiger partial charge in [0.15, 0.2) is 0 Å². The van der Waals surface area contributed by atoms with Crippen LogP contribution in [0.25, 0.3) is 0 Å². The SMILES string of the molecule is Cc1cccc(C)c1C(CN)Nc1ccccc1. The topological polar surface area (TPSA) is 38.0 Å². The molecule has 2 aromatic rings. The van der Waals surface area contributed by atoms with E-state index in [1.807, 2.05) is 18.2 Å². The summed E-state index contributed by atoms with van der Waals surface area (Å²) in [7, 11) is 0. The van der Waals surface area contributed by atoms with Gasteiger partial charge in [0.1, 0.15) is 0 Å². The first-order valence-electron chi connectivity index (χ1n) is 6.30. The van der Waals surface area contributed by atoms with Crippen molar-refractivity contribution in [2.24, 2.45) is 5.73 Å². The van der Waals surface area contributed by atoms with E-state index < -0.39 is 0 Å². The number of aryl methyl sites for hydroxylation is 2. The Labute approximate surface area is 109 Å². The molecular formula is C16H20N2. The summed E-state index contributed by atoms with van der Waals surface area (Å²) in [6.45, 7) is 4.86. The molecule has 0 aliphatic heterocycles. The van der Waals surface area contributed by atoms with E-state index in [1.165, 1.54) is 16.7 Å². The molecule has 2 heteroatoms. The van der Waals surface area contributed by atoms with Crippen molar-refractivity contribution in [1.82, 2.24) is 0 Å². The molecular weight excluding hydrogens is 220 g/mol. The Morgan fingerprint density at radius 3 is 2.11 bits per heavy atom. The van der Waals surface area contributed by atoms with Gasteiger partial charge < -0.3 is 11.1 Å². The molecule has 18 heavy (non-hydrogen) atoms. The number of nitrogens with one attached hydrogen (secondary N) is 1. The molecule has 1 atom stereocenters. The van der Waals surface area contributed by atoms with Crippen LogP contribution in [0.15, 0.2) is 48.5 Å². The Hall–Kier alpha value is -1.80. The van der Waals surface area contributed by atoms with Crippen molar-refractivity contribution >= 4 is 5.69 Å². The molecule has 0 saturated heterocycles. The lowest BCUT2D eigenvalue weighted by molar-refractivity contribution is 0.777. The summed E-state index contributed by atoms with van der Waals surface area (Å²) in [5, 5.41) is 3.50. The van der Waals surface area contributed by atoms with Crippen LogP contribution in [0.1, 0.15) is 22.7 Å². The quantitative estimate of drug-likeness (QED) is 0.859. The van der Waals surface area contributed by atoms with Crippen molar-refractivity contribution in [2.45, 2.75) is 19.9 Å². The maximum Gasteiger partial charge on any atom is 0.0641 e. The van der Waals surface area contributed by atoms with Crippen LogP contribution >= 0.6 is 0 Å². The van der Waals surface area contributed by atoms with Gasteiger partial charge in [-0.25, -0.2) is 0 Å². The highest BCUT2D eigenvalue weighted by atomic mass is 14.9. The van der Waals surface area contributed by atoms with Crippen molar-refractivity contribution in [3.63, 3.8) is 0 Å². The summed E-state index contributed by atoms with van der Waals surface area (Å²) >= 11 is 0. The predicted octanol–water partition coefficient (Wildman–Crippen LogP) is 3.42. The zero-order valence-corrected chi connectivity index (χ0v) is 11.0. The van der Waals surface area contributed by atoms with Gasteiger partial charge in [-0.05, 0) is 42.7 Å². The van der Waals surface area contributed by atoms with Crippen LogP contribution in [0.3, 0.4) is 0 Å². The predicted molar refractivity (Wildman–Crippen MR) is 77.8 cm³/mol. The smallest absolute Gasteiger partial charge is 0.0641 e. The maximum atomic E-state index is 5.93. The van der Waals surface area contributed by atoms with Crippen molar-refractivity contribution in [1.29, 1.82) is 0 Å². The Balaban J connectivity index is 2.29. The summed E-state index contributed by atoms with van der Waals surface area (Å²) in [4.78, 5) is 0. The van der Waals surface area contributed by atoms with E-state index in [1.54, 1.807) is 0 Å². The third-order valence-corrected chi connectivity index (χ3v) is 3.24. The lowest BCUT2D eigenvalue weighted by Gasteiger charge is -2.22. The molecule has 0 aromatic heterocycles. The summed E-state index contributed by atoms with van der Waals surface area (Å²) in [6.07, 6.45) is 0. The van der Waals surface area contributed by atoms with Gasteiger partial charge in [-0.1, -0.05) is 36.4 Å². The molecule has 0 bridgehead atoms. The number of rotatable bonds is 4. The zero-order valence-electron chi connectivity index (χ0n) is 11.0. The normalized spacial score (nSPS) is 12.2. The van der Waals surface area contributed by atoms with E-state index in [0.29, 0.717) is 6.54 Å². The van der Waals surface area contributed by atoms with Crippen molar-refractivity contribution in [2.75, 3.05) is 11.9 Å². The molecule has 2 nitrogen and oxygen atoms in total. The Bertz CT molecular complexity index is 486. The molecule has 0 saturated carbocycles. The van der Waals surface area contributed by atoms with E-state index in [0.717, 1.165) is 5.69 Å². The van der Waals surface area contributed by atoms with E-state index in [2.05, 4.69) is 49.5 Å². The second-order valence-corrected chi connectivity index (χ2v) is 4.60. The fraction of sp³-hybridized carbons (Fsp3) is 0.250. The van der Waals surface area contributed by atoms with Gasteiger partial charge in [-0.3, -0.25) is 0 Å². The second-order valence-electron chi connectivity index (χ2n) is 4.60. The van der Waals surface area contributed by atoms with Crippen molar-refractivity contribution in [3.05, 3.63) is 65.2 Å². The third-order valence-electron chi connectivity index (χ3n) is 3.24. The molecule has 0 heterocycles. The summed E-state index contributed by atoms with van der Waals surface area (Å²) in [5.74, 6) is 0. The minimum absolute atomic E-state index is 0.161. The number of anilines is 1. The van der Waals surface area contributed by atoms with Gasteiger partial charge >= 0.3 is 0 Å². The van der Waals surface area contributed by atoms with Gasteiger partial charge in [0.05, 0.1) is 6.04 Å².